The van der Waals surface area contributed by atoms with Crippen LogP contribution in [0.3, 0.4) is 0 Å². The van der Waals surface area contributed by atoms with Crippen molar-refractivity contribution in [3.63, 3.8) is 0 Å². The molecule has 3 aromatic rings. The van der Waals surface area contributed by atoms with E-state index >= 15 is 0 Å². The van der Waals surface area contributed by atoms with E-state index in [4.69, 9.17) is 0 Å². The predicted molar refractivity (Wildman–Crippen MR) is 103 cm³/mol. The Hall–Kier alpha value is -2.10. The van der Waals surface area contributed by atoms with Crippen LogP contribution in [0.2, 0.25) is 0 Å². The Bertz CT molecular complexity index is 995. The fourth-order valence-electron chi connectivity index (χ4n) is 3.61. The van der Waals surface area contributed by atoms with Gasteiger partial charge in [0.2, 0.25) is 10.0 Å². The van der Waals surface area contributed by atoms with Crippen molar-refractivity contribution in [3.05, 3.63) is 52.5 Å². The topological polar surface area (TPSA) is 81.0 Å². The first-order valence-corrected chi connectivity index (χ1v) is 11.3. The molecule has 1 aliphatic rings. The second-order valence-electron chi connectivity index (χ2n) is 6.77. The number of nitrogens with zero attached hydrogens (tertiary/aromatic N) is 5. The van der Waals surface area contributed by atoms with E-state index in [1.54, 1.807) is 33.8 Å². The van der Waals surface area contributed by atoms with E-state index in [1.165, 1.54) is 11.0 Å². The molecule has 0 unspecified atom stereocenters. The zero-order chi connectivity index (χ0) is 18.9. The van der Waals surface area contributed by atoms with Crippen LogP contribution in [-0.4, -0.2) is 39.0 Å². The summed E-state index contributed by atoms with van der Waals surface area (Å²) in [6.45, 7) is 2.30. The maximum atomic E-state index is 13.5. The number of tetrazole rings is 1. The lowest BCUT2D eigenvalue weighted by Crippen LogP contribution is -2.38. The Morgan fingerprint density at radius 1 is 1.26 bits per heavy atom. The Morgan fingerprint density at radius 3 is 2.70 bits per heavy atom. The van der Waals surface area contributed by atoms with E-state index < -0.39 is 10.0 Å². The molecule has 27 heavy (non-hydrogen) atoms. The predicted octanol–water partition coefficient (Wildman–Crippen LogP) is 3.17. The molecule has 142 valence electrons. The summed E-state index contributed by atoms with van der Waals surface area (Å²) in [5.41, 5.74) is 1.58. The van der Waals surface area contributed by atoms with Gasteiger partial charge in [0, 0.05) is 17.5 Å². The van der Waals surface area contributed by atoms with Crippen molar-refractivity contribution in [2.24, 2.45) is 0 Å². The summed E-state index contributed by atoms with van der Waals surface area (Å²) in [6.07, 6.45) is 5.51. The lowest BCUT2D eigenvalue weighted by Gasteiger charge is -2.28. The summed E-state index contributed by atoms with van der Waals surface area (Å²) in [5.74, 6) is 0. The van der Waals surface area contributed by atoms with Gasteiger partial charge in [0.1, 0.15) is 6.33 Å². The molecule has 0 N–H and O–H groups in total. The Morgan fingerprint density at radius 2 is 2.07 bits per heavy atom. The molecule has 1 aromatic carbocycles. The summed E-state index contributed by atoms with van der Waals surface area (Å²) in [7, 11) is -3.59. The molecule has 4 rings (SSSR count). The normalized spacial score (nSPS) is 15.6. The molecule has 0 bridgehead atoms. The van der Waals surface area contributed by atoms with Crippen LogP contribution in [0.1, 0.15) is 36.1 Å². The first-order valence-electron chi connectivity index (χ1n) is 8.94. The van der Waals surface area contributed by atoms with Crippen LogP contribution in [0.5, 0.6) is 0 Å². The van der Waals surface area contributed by atoms with E-state index in [0.29, 0.717) is 11.4 Å². The lowest BCUT2D eigenvalue weighted by atomic mass is 10.2. The third-order valence-electron chi connectivity index (χ3n) is 4.99. The highest BCUT2D eigenvalue weighted by Crippen LogP contribution is 2.32. The van der Waals surface area contributed by atoms with Crippen LogP contribution in [0.15, 0.2) is 46.9 Å². The van der Waals surface area contributed by atoms with E-state index in [1.807, 2.05) is 24.4 Å². The Kier molecular flexibility index (Phi) is 5.07. The molecular formula is C18H21N5O2S2. The van der Waals surface area contributed by atoms with Gasteiger partial charge in [-0.05, 0) is 65.4 Å². The number of aromatic nitrogens is 4. The second-order valence-corrected chi connectivity index (χ2v) is 9.69. The van der Waals surface area contributed by atoms with Gasteiger partial charge in [-0.2, -0.15) is 4.31 Å². The molecule has 0 radical (unpaired) electrons. The van der Waals surface area contributed by atoms with Crippen molar-refractivity contribution < 1.29 is 8.42 Å². The van der Waals surface area contributed by atoms with E-state index in [-0.39, 0.29) is 6.04 Å². The van der Waals surface area contributed by atoms with Crippen molar-refractivity contribution in [2.75, 3.05) is 0 Å². The van der Waals surface area contributed by atoms with Gasteiger partial charge in [0.15, 0.2) is 0 Å². The zero-order valence-corrected chi connectivity index (χ0v) is 16.7. The van der Waals surface area contributed by atoms with Gasteiger partial charge in [0.05, 0.1) is 10.6 Å². The van der Waals surface area contributed by atoms with Gasteiger partial charge < -0.3 is 0 Å². The quantitative estimate of drug-likeness (QED) is 0.631. The average Bonchev–Trinajstić information content (AvgIpc) is 3.42. The summed E-state index contributed by atoms with van der Waals surface area (Å²) in [4.78, 5) is 1.38. The standard InChI is InChI=1S/C18H21N5O2S2/c1-14-11-17(8-9-18(14)22-13-19-20-21-22)27(24,25)23(15-5-2-3-6-15)12-16-7-4-10-26-16/h4,7-11,13,15H,2-3,5-6,12H2,1H3. The monoisotopic (exact) mass is 403 g/mol. The molecular weight excluding hydrogens is 382 g/mol. The number of aryl methyl sites for hydroxylation is 1. The lowest BCUT2D eigenvalue weighted by molar-refractivity contribution is 0.318. The highest BCUT2D eigenvalue weighted by Gasteiger charge is 2.33. The van der Waals surface area contributed by atoms with Crippen LogP contribution in [0, 0.1) is 6.92 Å². The fraction of sp³-hybridized carbons (Fsp3) is 0.389. The first-order chi connectivity index (χ1) is 13.1. The second kappa shape index (κ2) is 7.49. The number of benzene rings is 1. The molecule has 2 heterocycles. The highest BCUT2D eigenvalue weighted by molar-refractivity contribution is 7.89. The van der Waals surface area contributed by atoms with Gasteiger partial charge in [-0.1, -0.05) is 18.9 Å². The van der Waals surface area contributed by atoms with Crippen molar-refractivity contribution in [3.8, 4) is 5.69 Å². The molecule has 9 heteroatoms. The third kappa shape index (κ3) is 3.67. The Balaban J connectivity index is 1.69. The van der Waals surface area contributed by atoms with Gasteiger partial charge in [-0.15, -0.1) is 16.4 Å². The maximum absolute atomic E-state index is 13.5. The van der Waals surface area contributed by atoms with Crippen molar-refractivity contribution >= 4 is 21.4 Å². The van der Waals surface area contributed by atoms with E-state index in [9.17, 15) is 8.42 Å². The fourth-order valence-corrected chi connectivity index (χ4v) is 6.14. The number of rotatable bonds is 6. The molecule has 0 saturated heterocycles. The molecule has 0 spiro atoms. The summed E-state index contributed by atoms with van der Waals surface area (Å²) in [5, 5.41) is 13.2. The van der Waals surface area contributed by atoms with Gasteiger partial charge >= 0.3 is 0 Å². The van der Waals surface area contributed by atoms with Crippen molar-refractivity contribution in [1.82, 2.24) is 24.5 Å². The van der Waals surface area contributed by atoms with Gasteiger partial charge in [0.25, 0.3) is 0 Å². The van der Waals surface area contributed by atoms with Gasteiger partial charge in [-0.3, -0.25) is 0 Å². The molecule has 1 saturated carbocycles. The first kappa shape index (κ1) is 18.3. The minimum Gasteiger partial charge on any atom is -0.207 e. The Labute approximate surface area is 162 Å². The molecule has 1 aliphatic carbocycles. The molecule has 7 nitrogen and oxygen atoms in total. The van der Waals surface area contributed by atoms with Crippen LogP contribution in [-0.2, 0) is 16.6 Å². The molecule has 2 aromatic heterocycles. The van der Waals surface area contributed by atoms with Crippen LogP contribution < -0.4 is 0 Å². The highest BCUT2D eigenvalue weighted by atomic mass is 32.2. The number of hydrogen-bond acceptors (Lipinski definition) is 6. The largest absolute Gasteiger partial charge is 0.243 e. The maximum Gasteiger partial charge on any atom is 0.243 e. The summed E-state index contributed by atoms with van der Waals surface area (Å²) >= 11 is 1.59. The minimum atomic E-state index is -3.59. The zero-order valence-electron chi connectivity index (χ0n) is 15.0. The van der Waals surface area contributed by atoms with Crippen LogP contribution >= 0.6 is 11.3 Å². The number of thiophene rings is 1. The number of hydrogen-bond donors (Lipinski definition) is 0. The molecule has 0 aliphatic heterocycles. The van der Waals surface area contributed by atoms with E-state index in [0.717, 1.165) is 41.8 Å². The van der Waals surface area contributed by atoms with Crippen molar-refractivity contribution in [1.29, 1.82) is 0 Å². The minimum absolute atomic E-state index is 0.0663. The summed E-state index contributed by atoms with van der Waals surface area (Å²) < 4.78 is 30.2. The SMILES string of the molecule is Cc1cc(S(=O)(=O)N(Cc2cccs2)C2CCCC2)ccc1-n1cnnn1. The molecule has 0 amide bonds. The molecule has 1 fully saturated rings. The number of sulfonamides is 1. The van der Waals surface area contributed by atoms with Crippen LogP contribution in [0.4, 0.5) is 0 Å². The summed E-state index contributed by atoms with van der Waals surface area (Å²) in [6, 6.07) is 9.14. The third-order valence-corrected chi connectivity index (χ3v) is 7.75. The van der Waals surface area contributed by atoms with Gasteiger partial charge in [-0.25, -0.2) is 13.1 Å². The smallest absolute Gasteiger partial charge is 0.207 e. The van der Waals surface area contributed by atoms with Crippen LogP contribution in [0.25, 0.3) is 5.69 Å². The van der Waals surface area contributed by atoms with Crippen molar-refractivity contribution in [2.45, 2.75) is 50.1 Å². The molecule has 0 atom stereocenters. The van der Waals surface area contributed by atoms with E-state index in [2.05, 4.69) is 15.5 Å². The average molecular weight is 404 g/mol.